The van der Waals surface area contributed by atoms with Crippen molar-refractivity contribution in [2.24, 2.45) is 0 Å². The summed E-state index contributed by atoms with van der Waals surface area (Å²) in [6.45, 7) is 9.42. The first kappa shape index (κ1) is 24.2. The van der Waals surface area contributed by atoms with Crippen molar-refractivity contribution in [1.29, 1.82) is 5.26 Å². The number of aromatic nitrogens is 1. The predicted molar refractivity (Wildman–Crippen MR) is 118 cm³/mol. The van der Waals surface area contributed by atoms with Gasteiger partial charge in [-0.15, -0.1) is 0 Å². The second kappa shape index (κ2) is 10.8. The minimum atomic E-state index is -0.918. The SMILES string of the molecule is CCc1ccc(OC(C)C(=O)c2c(C)c(C#N)c(=O)n(CCCOC(C)C)c2O)cc1. The van der Waals surface area contributed by atoms with E-state index in [-0.39, 0.29) is 29.3 Å². The number of hydrogen-bond acceptors (Lipinski definition) is 6. The highest BCUT2D eigenvalue weighted by atomic mass is 16.5. The zero-order valence-electron chi connectivity index (χ0n) is 18.8. The van der Waals surface area contributed by atoms with E-state index >= 15 is 0 Å². The van der Waals surface area contributed by atoms with Crippen molar-refractivity contribution in [3.8, 4) is 17.7 Å². The summed E-state index contributed by atoms with van der Waals surface area (Å²) < 4.78 is 12.3. The van der Waals surface area contributed by atoms with Gasteiger partial charge in [0.2, 0.25) is 11.7 Å². The number of nitriles is 1. The van der Waals surface area contributed by atoms with Crippen LogP contribution in [0.2, 0.25) is 0 Å². The summed E-state index contributed by atoms with van der Waals surface area (Å²) in [6.07, 6.45) is 0.462. The third-order valence-corrected chi connectivity index (χ3v) is 5.04. The summed E-state index contributed by atoms with van der Waals surface area (Å²) in [6, 6.07) is 9.27. The Balaban J connectivity index is 2.34. The lowest BCUT2D eigenvalue weighted by Gasteiger charge is -2.19. The Labute approximate surface area is 182 Å². The monoisotopic (exact) mass is 426 g/mol. The molecule has 0 saturated carbocycles. The maximum absolute atomic E-state index is 13.1. The average molecular weight is 427 g/mol. The third kappa shape index (κ3) is 5.74. The van der Waals surface area contributed by atoms with Crippen molar-refractivity contribution in [1.82, 2.24) is 4.57 Å². The molecule has 0 bridgehead atoms. The second-order valence-corrected chi connectivity index (χ2v) is 7.66. The van der Waals surface area contributed by atoms with E-state index in [2.05, 4.69) is 0 Å². The van der Waals surface area contributed by atoms with Crippen molar-refractivity contribution in [2.45, 2.75) is 66.2 Å². The van der Waals surface area contributed by atoms with E-state index in [4.69, 9.17) is 9.47 Å². The van der Waals surface area contributed by atoms with E-state index in [1.54, 1.807) is 19.1 Å². The number of hydrogen-bond donors (Lipinski definition) is 1. The molecule has 31 heavy (non-hydrogen) atoms. The van der Waals surface area contributed by atoms with Crippen molar-refractivity contribution < 1.29 is 19.4 Å². The Kier molecular flexibility index (Phi) is 8.40. The summed E-state index contributed by atoms with van der Waals surface area (Å²) >= 11 is 0. The van der Waals surface area contributed by atoms with Crippen LogP contribution in [0, 0.1) is 18.3 Å². The standard InChI is InChI=1S/C24H30N2O5/c1-6-18-8-10-19(11-9-18)31-17(5)22(27)21-16(4)20(14-25)23(28)26(24(21)29)12-7-13-30-15(2)3/h8-11,15,17,29H,6-7,12-13H2,1-5H3. The average Bonchev–Trinajstić information content (AvgIpc) is 2.73. The Morgan fingerprint density at radius 1 is 1.23 bits per heavy atom. The van der Waals surface area contributed by atoms with Crippen LogP contribution in [0.4, 0.5) is 0 Å². The second-order valence-electron chi connectivity index (χ2n) is 7.66. The molecule has 0 fully saturated rings. The number of rotatable bonds is 10. The molecular formula is C24H30N2O5. The molecule has 2 aromatic rings. The van der Waals surface area contributed by atoms with Crippen molar-refractivity contribution in [2.75, 3.05) is 6.61 Å². The fraction of sp³-hybridized carbons (Fsp3) is 0.458. The van der Waals surface area contributed by atoms with E-state index in [1.807, 2.05) is 39.0 Å². The zero-order valence-corrected chi connectivity index (χ0v) is 18.8. The summed E-state index contributed by atoms with van der Waals surface area (Å²) in [7, 11) is 0. The molecule has 166 valence electrons. The molecule has 0 aliphatic heterocycles. The number of aryl methyl sites for hydroxylation is 1. The number of nitrogens with zero attached hydrogens (tertiary/aromatic N) is 2. The van der Waals surface area contributed by atoms with Gasteiger partial charge in [0, 0.05) is 13.2 Å². The van der Waals surface area contributed by atoms with Gasteiger partial charge in [-0.2, -0.15) is 5.26 Å². The Morgan fingerprint density at radius 2 is 1.87 bits per heavy atom. The summed E-state index contributed by atoms with van der Waals surface area (Å²) in [4.78, 5) is 25.8. The van der Waals surface area contributed by atoms with Gasteiger partial charge in [-0.1, -0.05) is 19.1 Å². The first-order chi connectivity index (χ1) is 14.7. The maximum Gasteiger partial charge on any atom is 0.271 e. The highest BCUT2D eigenvalue weighted by Crippen LogP contribution is 2.25. The third-order valence-electron chi connectivity index (χ3n) is 5.04. The molecule has 7 nitrogen and oxygen atoms in total. The van der Waals surface area contributed by atoms with Crippen molar-refractivity contribution in [3.63, 3.8) is 0 Å². The highest BCUT2D eigenvalue weighted by Gasteiger charge is 2.28. The first-order valence-electron chi connectivity index (χ1n) is 10.5. The molecule has 0 radical (unpaired) electrons. The summed E-state index contributed by atoms with van der Waals surface area (Å²) in [5, 5.41) is 20.2. The molecule has 2 rings (SSSR count). The van der Waals surface area contributed by atoms with Crippen molar-refractivity contribution >= 4 is 5.78 Å². The topological polar surface area (TPSA) is 102 Å². The van der Waals surface area contributed by atoms with Crippen molar-refractivity contribution in [3.05, 3.63) is 56.9 Å². The van der Waals surface area contributed by atoms with Crippen LogP contribution < -0.4 is 10.3 Å². The maximum atomic E-state index is 13.1. The molecule has 1 atom stereocenters. The minimum Gasteiger partial charge on any atom is -0.494 e. The van der Waals surface area contributed by atoms with E-state index in [0.717, 1.165) is 16.6 Å². The van der Waals surface area contributed by atoms with Gasteiger partial charge in [-0.05, 0) is 63.8 Å². The number of benzene rings is 1. The Morgan fingerprint density at radius 3 is 2.42 bits per heavy atom. The van der Waals surface area contributed by atoms with Crippen LogP contribution in [-0.2, 0) is 17.7 Å². The first-order valence-corrected chi connectivity index (χ1v) is 10.5. The fourth-order valence-corrected chi connectivity index (χ4v) is 3.26. The normalized spacial score (nSPS) is 11.9. The van der Waals surface area contributed by atoms with Crippen LogP contribution in [0.15, 0.2) is 29.1 Å². The number of carbonyl (C=O) groups excluding carboxylic acids is 1. The molecule has 0 spiro atoms. The fourth-order valence-electron chi connectivity index (χ4n) is 3.26. The largest absolute Gasteiger partial charge is 0.494 e. The van der Waals surface area contributed by atoms with Gasteiger partial charge in [-0.25, -0.2) is 0 Å². The molecule has 0 aliphatic carbocycles. The smallest absolute Gasteiger partial charge is 0.271 e. The van der Waals surface area contributed by atoms with Gasteiger partial charge in [0.25, 0.3) is 5.56 Å². The lowest BCUT2D eigenvalue weighted by molar-refractivity contribution is 0.0742. The van der Waals surface area contributed by atoms with Crippen LogP contribution in [-0.4, -0.2) is 34.3 Å². The number of Topliss-reactive ketones (excluding diaryl/α,β-unsaturated/α-hetero) is 1. The molecular weight excluding hydrogens is 396 g/mol. The van der Waals surface area contributed by atoms with E-state index in [0.29, 0.717) is 18.8 Å². The minimum absolute atomic E-state index is 0.0412. The number of aromatic hydroxyl groups is 1. The molecule has 1 unspecified atom stereocenters. The summed E-state index contributed by atoms with van der Waals surface area (Å²) in [5.41, 5.74) is 0.444. The molecule has 0 aliphatic rings. The number of ether oxygens (including phenoxy) is 2. The predicted octanol–water partition coefficient (Wildman–Crippen LogP) is 3.76. The van der Waals surface area contributed by atoms with Crippen LogP contribution in [0.1, 0.15) is 61.2 Å². The van der Waals surface area contributed by atoms with Gasteiger partial charge < -0.3 is 14.6 Å². The lowest BCUT2D eigenvalue weighted by Crippen LogP contribution is -2.31. The van der Waals surface area contributed by atoms with Crippen LogP contribution in [0.5, 0.6) is 11.6 Å². The molecule has 0 amide bonds. The van der Waals surface area contributed by atoms with E-state index < -0.39 is 23.3 Å². The molecule has 1 aromatic carbocycles. The number of pyridine rings is 1. The molecule has 1 heterocycles. The molecule has 1 N–H and O–H groups in total. The zero-order chi connectivity index (χ0) is 23.1. The van der Waals surface area contributed by atoms with Crippen LogP contribution in [0.25, 0.3) is 0 Å². The van der Waals surface area contributed by atoms with E-state index in [1.165, 1.54) is 6.92 Å². The Hall–Kier alpha value is -3.11. The molecule has 1 aromatic heterocycles. The van der Waals surface area contributed by atoms with Gasteiger partial charge in [0.15, 0.2) is 6.10 Å². The van der Waals surface area contributed by atoms with Gasteiger partial charge >= 0.3 is 0 Å². The Bertz CT molecular complexity index is 1020. The molecule has 7 heteroatoms. The van der Waals surface area contributed by atoms with Gasteiger partial charge in [-0.3, -0.25) is 14.2 Å². The lowest BCUT2D eigenvalue weighted by atomic mass is 9.99. The van der Waals surface area contributed by atoms with Crippen LogP contribution >= 0.6 is 0 Å². The number of ketones is 1. The van der Waals surface area contributed by atoms with Crippen LogP contribution in [0.3, 0.4) is 0 Å². The summed E-state index contributed by atoms with van der Waals surface area (Å²) in [5.74, 6) is -0.430. The van der Waals surface area contributed by atoms with Gasteiger partial charge in [0.05, 0.1) is 11.7 Å². The number of carbonyl (C=O) groups is 1. The molecule has 0 saturated heterocycles. The highest BCUT2D eigenvalue weighted by molar-refractivity contribution is 6.03. The quantitative estimate of drug-likeness (QED) is 0.458. The van der Waals surface area contributed by atoms with E-state index in [9.17, 15) is 20.0 Å². The van der Waals surface area contributed by atoms with Gasteiger partial charge in [0.1, 0.15) is 17.4 Å².